The van der Waals surface area contributed by atoms with Gasteiger partial charge in [0.05, 0.1) is 11.9 Å². The Morgan fingerprint density at radius 1 is 1.53 bits per heavy atom. The molecule has 0 saturated heterocycles. The van der Waals surface area contributed by atoms with E-state index in [4.69, 9.17) is 11.1 Å². The minimum atomic E-state index is -0.0567. The number of nitrogens with zero attached hydrogens (tertiary/aromatic N) is 3. The molecule has 0 unspecified atom stereocenters. The number of nitrogens with one attached hydrogen (secondary N) is 1. The van der Waals surface area contributed by atoms with Crippen LogP contribution in [0.1, 0.15) is 11.3 Å². The van der Waals surface area contributed by atoms with Crippen LogP contribution in [0.15, 0.2) is 30.7 Å². The third kappa shape index (κ3) is 1.71. The molecule has 0 amide bonds. The lowest BCUT2D eigenvalue weighted by atomic mass is 10.3. The second-order valence-corrected chi connectivity index (χ2v) is 3.25. The van der Waals surface area contributed by atoms with Crippen molar-refractivity contribution in [3.8, 4) is 5.69 Å². The fourth-order valence-corrected chi connectivity index (χ4v) is 1.33. The lowest BCUT2D eigenvalue weighted by Gasteiger charge is -2.05. The summed E-state index contributed by atoms with van der Waals surface area (Å²) in [7, 11) is 0. The zero-order chi connectivity index (χ0) is 10.8. The van der Waals surface area contributed by atoms with E-state index in [9.17, 15) is 0 Å². The van der Waals surface area contributed by atoms with Gasteiger partial charge in [0.2, 0.25) is 0 Å². The Morgan fingerprint density at radius 2 is 2.33 bits per heavy atom. The molecule has 5 nitrogen and oxygen atoms in total. The number of rotatable bonds is 2. The summed E-state index contributed by atoms with van der Waals surface area (Å²) in [4.78, 5) is 4.05. The minimum absolute atomic E-state index is 0.0567. The van der Waals surface area contributed by atoms with Crippen molar-refractivity contribution in [3.05, 3.63) is 42.0 Å². The molecule has 2 aromatic heterocycles. The van der Waals surface area contributed by atoms with Crippen molar-refractivity contribution in [2.24, 2.45) is 5.73 Å². The molecule has 15 heavy (non-hydrogen) atoms. The van der Waals surface area contributed by atoms with Crippen LogP contribution in [-0.2, 0) is 0 Å². The van der Waals surface area contributed by atoms with Gasteiger partial charge in [-0.1, -0.05) is 0 Å². The number of pyridine rings is 1. The first-order valence-electron chi connectivity index (χ1n) is 4.49. The number of aromatic nitrogens is 3. The number of hydrogen-bond acceptors (Lipinski definition) is 3. The van der Waals surface area contributed by atoms with Crippen molar-refractivity contribution in [1.82, 2.24) is 14.8 Å². The van der Waals surface area contributed by atoms with E-state index in [2.05, 4.69) is 10.1 Å². The van der Waals surface area contributed by atoms with Gasteiger partial charge >= 0.3 is 0 Å². The normalized spacial score (nSPS) is 10.2. The molecule has 0 aliphatic rings. The molecule has 0 bridgehead atoms. The standard InChI is InChI=1S/C10H11N5/c1-7-5-14-15(6-7)8-3-2-4-13-9(8)10(11)12/h2-6H,1H3,(H3,11,12). The van der Waals surface area contributed by atoms with Gasteiger partial charge in [0, 0.05) is 12.4 Å². The molecule has 5 heteroatoms. The summed E-state index contributed by atoms with van der Waals surface area (Å²) >= 11 is 0. The van der Waals surface area contributed by atoms with Crippen LogP contribution in [0.3, 0.4) is 0 Å². The van der Waals surface area contributed by atoms with Crippen molar-refractivity contribution in [3.63, 3.8) is 0 Å². The largest absolute Gasteiger partial charge is 0.382 e. The number of amidine groups is 1. The first kappa shape index (κ1) is 9.39. The molecule has 2 heterocycles. The average Bonchev–Trinajstić information content (AvgIpc) is 2.65. The van der Waals surface area contributed by atoms with E-state index >= 15 is 0 Å². The quantitative estimate of drug-likeness (QED) is 0.558. The zero-order valence-electron chi connectivity index (χ0n) is 8.31. The van der Waals surface area contributed by atoms with E-state index in [1.807, 2.05) is 19.2 Å². The van der Waals surface area contributed by atoms with Crippen LogP contribution in [0.4, 0.5) is 0 Å². The van der Waals surface area contributed by atoms with Gasteiger partial charge in [0.1, 0.15) is 11.5 Å². The van der Waals surface area contributed by atoms with Crippen LogP contribution in [-0.4, -0.2) is 20.6 Å². The van der Waals surface area contributed by atoms with Crippen molar-refractivity contribution in [1.29, 1.82) is 5.41 Å². The topological polar surface area (TPSA) is 80.6 Å². The monoisotopic (exact) mass is 201 g/mol. The molecule has 0 radical (unpaired) electrons. The van der Waals surface area contributed by atoms with E-state index in [1.165, 1.54) is 0 Å². The van der Waals surface area contributed by atoms with E-state index in [0.717, 1.165) is 11.3 Å². The highest BCUT2D eigenvalue weighted by atomic mass is 15.3. The van der Waals surface area contributed by atoms with Crippen molar-refractivity contribution < 1.29 is 0 Å². The lowest BCUT2D eigenvalue weighted by Crippen LogP contribution is -2.16. The molecular formula is C10H11N5. The van der Waals surface area contributed by atoms with Gasteiger partial charge in [-0.3, -0.25) is 10.4 Å². The Kier molecular flexibility index (Phi) is 2.21. The minimum Gasteiger partial charge on any atom is -0.382 e. The molecule has 0 spiro atoms. The first-order chi connectivity index (χ1) is 7.18. The second kappa shape index (κ2) is 3.53. The Balaban J connectivity index is 2.57. The highest BCUT2D eigenvalue weighted by Crippen LogP contribution is 2.10. The van der Waals surface area contributed by atoms with E-state index in [1.54, 1.807) is 23.1 Å². The summed E-state index contributed by atoms with van der Waals surface area (Å²) in [5, 5.41) is 11.6. The molecule has 0 aliphatic carbocycles. The van der Waals surface area contributed by atoms with Gasteiger partial charge in [-0.2, -0.15) is 5.10 Å². The molecular weight excluding hydrogens is 190 g/mol. The van der Waals surface area contributed by atoms with Crippen molar-refractivity contribution in [2.45, 2.75) is 6.92 Å². The molecule has 2 aromatic rings. The van der Waals surface area contributed by atoms with E-state index in [-0.39, 0.29) is 5.84 Å². The Morgan fingerprint density at radius 3 is 2.93 bits per heavy atom. The molecule has 0 saturated carbocycles. The molecule has 0 fully saturated rings. The number of nitrogens with two attached hydrogens (primary N) is 1. The second-order valence-electron chi connectivity index (χ2n) is 3.25. The van der Waals surface area contributed by atoms with Gasteiger partial charge in [-0.05, 0) is 24.6 Å². The highest BCUT2D eigenvalue weighted by Gasteiger charge is 2.08. The number of hydrogen-bond donors (Lipinski definition) is 2. The highest BCUT2D eigenvalue weighted by molar-refractivity contribution is 5.96. The van der Waals surface area contributed by atoms with Crippen molar-refractivity contribution >= 4 is 5.84 Å². The predicted octanol–water partition coefficient (Wildman–Crippen LogP) is 0.860. The molecule has 2 rings (SSSR count). The van der Waals surface area contributed by atoms with Gasteiger partial charge < -0.3 is 5.73 Å². The molecule has 0 aliphatic heterocycles. The third-order valence-electron chi connectivity index (χ3n) is 2.00. The number of nitrogen functional groups attached to an aromatic ring is 1. The summed E-state index contributed by atoms with van der Waals surface area (Å²) in [6.45, 7) is 1.95. The summed E-state index contributed by atoms with van der Waals surface area (Å²) < 4.78 is 1.67. The lowest BCUT2D eigenvalue weighted by molar-refractivity contribution is 0.869. The Labute approximate surface area is 87.1 Å². The zero-order valence-corrected chi connectivity index (χ0v) is 8.31. The van der Waals surface area contributed by atoms with Gasteiger partial charge in [-0.15, -0.1) is 0 Å². The molecule has 0 aromatic carbocycles. The van der Waals surface area contributed by atoms with Crippen LogP contribution < -0.4 is 5.73 Å². The van der Waals surface area contributed by atoms with Crippen LogP contribution in [0.2, 0.25) is 0 Å². The van der Waals surface area contributed by atoms with Crippen LogP contribution >= 0.6 is 0 Å². The fraction of sp³-hybridized carbons (Fsp3) is 0.100. The molecule has 3 N–H and O–H groups in total. The Hall–Kier alpha value is -2.17. The first-order valence-corrected chi connectivity index (χ1v) is 4.49. The maximum absolute atomic E-state index is 7.41. The molecule has 0 atom stereocenters. The van der Waals surface area contributed by atoms with Crippen molar-refractivity contribution in [2.75, 3.05) is 0 Å². The van der Waals surface area contributed by atoms with Gasteiger partial charge in [0.25, 0.3) is 0 Å². The van der Waals surface area contributed by atoms with E-state index < -0.39 is 0 Å². The predicted molar refractivity (Wildman–Crippen MR) is 57.1 cm³/mol. The summed E-state index contributed by atoms with van der Waals surface area (Å²) in [6, 6.07) is 3.62. The van der Waals surface area contributed by atoms with Crippen LogP contribution in [0.5, 0.6) is 0 Å². The maximum atomic E-state index is 7.41. The van der Waals surface area contributed by atoms with Crippen LogP contribution in [0, 0.1) is 12.3 Å². The average molecular weight is 201 g/mol. The maximum Gasteiger partial charge on any atom is 0.144 e. The Bertz CT molecular complexity index is 500. The van der Waals surface area contributed by atoms with Gasteiger partial charge in [0.15, 0.2) is 0 Å². The van der Waals surface area contributed by atoms with E-state index in [0.29, 0.717) is 5.69 Å². The summed E-state index contributed by atoms with van der Waals surface area (Å²) in [5.74, 6) is -0.0567. The smallest absolute Gasteiger partial charge is 0.144 e. The fourth-order valence-electron chi connectivity index (χ4n) is 1.33. The summed E-state index contributed by atoms with van der Waals surface area (Å²) in [5.41, 5.74) is 7.65. The van der Waals surface area contributed by atoms with Crippen LogP contribution in [0.25, 0.3) is 5.69 Å². The third-order valence-corrected chi connectivity index (χ3v) is 2.00. The molecule has 76 valence electrons. The van der Waals surface area contributed by atoms with Gasteiger partial charge in [-0.25, -0.2) is 4.68 Å². The number of aryl methyl sites for hydroxylation is 1. The summed E-state index contributed by atoms with van der Waals surface area (Å²) in [6.07, 6.45) is 5.22. The SMILES string of the molecule is Cc1cnn(-c2cccnc2C(=N)N)c1.